The van der Waals surface area contributed by atoms with Gasteiger partial charge in [-0.2, -0.15) is 0 Å². The number of benzene rings is 1. The Bertz CT molecular complexity index is 937. The average Bonchev–Trinajstić information content (AvgIpc) is 3.26. The van der Waals surface area contributed by atoms with Crippen molar-refractivity contribution in [2.24, 2.45) is 0 Å². The number of rotatable bonds is 11. The van der Waals surface area contributed by atoms with Crippen molar-refractivity contribution >= 4 is 29.1 Å². The molecule has 0 radical (unpaired) electrons. The van der Waals surface area contributed by atoms with Crippen molar-refractivity contribution in [2.45, 2.75) is 77.9 Å². The molecule has 1 aliphatic carbocycles. The predicted octanol–water partition coefficient (Wildman–Crippen LogP) is 5.09. The smallest absolute Gasteiger partial charge is 0.306 e. The van der Waals surface area contributed by atoms with E-state index in [0.29, 0.717) is 19.7 Å². The molecule has 1 saturated carbocycles. The molecular weight excluding hydrogens is 448 g/mol. The van der Waals surface area contributed by atoms with Crippen LogP contribution in [0.2, 0.25) is 0 Å². The molecule has 2 aromatic rings. The van der Waals surface area contributed by atoms with Gasteiger partial charge >= 0.3 is 5.97 Å². The van der Waals surface area contributed by atoms with Crippen molar-refractivity contribution in [2.75, 3.05) is 13.2 Å². The molecule has 3 rings (SSSR count). The summed E-state index contributed by atoms with van der Waals surface area (Å²) >= 11 is 1.65. The van der Waals surface area contributed by atoms with E-state index < -0.39 is 0 Å². The van der Waals surface area contributed by atoms with E-state index in [1.165, 1.54) is 5.56 Å². The highest BCUT2D eigenvalue weighted by atomic mass is 32.1. The summed E-state index contributed by atoms with van der Waals surface area (Å²) in [6, 6.07) is 12.1. The number of carbonyl (C=O) groups is 3. The monoisotopic (exact) mass is 484 g/mol. The van der Waals surface area contributed by atoms with Crippen LogP contribution in [0.15, 0.2) is 41.8 Å². The largest absolute Gasteiger partial charge is 0.466 e. The zero-order chi connectivity index (χ0) is 24.3. The number of ether oxygens (including phenoxy) is 1. The highest BCUT2D eigenvalue weighted by Crippen LogP contribution is 2.25. The average molecular weight is 485 g/mol. The molecule has 2 amide bonds. The van der Waals surface area contributed by atoms with Crippen LogP contribution in [-0.2, 0) is 32.2 Å². The number of aryl methyl sites for hydroxylation is 1. The zero-order valence-corrected chi connectivity index (χ0v) is 21.1. The topological polar surface area (TPSA) is 66.9 Å². The van der Waals surface area contributed by atoms with Crippen LogP contribution in [0.4, 0.5) is 0 Å². The molecule has 7 heteroatoms. The third-order valence-electron chi connectivity index (χ3n) is 6.36. The van der Waals surface area contributed by atoms with Crippen LogP contribution in [0.5, 0.6) is 0 Å². The van der Waals surface area contributed by atoms with Gasteiger partial charge in [-0.25, -0.2) is 0 Å². The zero-order valence-electron chi connectivity index (χ0n) is 20.3. The molecule has 0 saturated heterocycles. The van der Waals surface area contributed by atoms with Gasteiger partial charge in [-0.3, -0.25) is 14.4 Å². The number of esters is 1. The van der Waals surface area contributed by atoms with Gasteiger partial charge in [0.25, 0.3) is 0 Å². The van der Waals surface area contributed by atoms with E-state index in [-0.39, 0.29) is 43.2 Å². The van der Waals surface area contributed by atoms with Gasteiger partial charge in [0.15, 0.2) is 0 Å². The Balaban J connectivity index is 1.75. The molecule has 1 aliphatic rings. The first kappa shape index (κ1) is 25.9. The van der Waals surface area contributed by atoms with Gasteiger partial charge in [0, 0.05) is 23.9 Å². The lowest BCUT2D eigenvalue weighted by Gasteiger charge is -2.35. The summed E-state index contributed by atoms with van der Waals surface area (Å²) in [4.78, 5) is 43.4. The summed E-state index contributed by atoms with van der Waals surface area (Å²) in [7, 11) is 0. The van der Waals surface area contributed by atoms with Crippen molar-refractivity contribution in [1.29, 1.82) is 0 Å². The Morgan fingerprint density at radius 2 is 1.71 bits per heavy atom. The first-order valence-electron chi connectivity index (χ1n) is 12.3. The van der Waals surface area contributed by atoms with Crippen LogP contribution in [0.25, 0.3) is 0 Å². The molecule has 184 valence electrons. The van der Waals surface area contributed by atoms with E-state index in [1.54, 1.807) is 23.2 Å². The summed E-state index contributed by atoms with van der Waals surface area (Å²) in [6.07, 6.45) is 5.21. The molecule has 0 spiro atoms. The van der Waals surface area contributed by atoms with Crippen molar-refractivity contribution in [3.8, 4) is 0 Å². The second-order valence-electron chi connectivity index (χ2n) is 8.88. The minimum absolute atomic E-state index is 0.0452. The van der Waals surface area contributed by atoms with Gasteiger partial charge in [0.2, 0.25) is 11.8 Å². The molecule has 0 unspecified atom stereocenters. The molecule has 0 bridgehead atoms. The molecule has 1 aromatic heterocycles. The van der Waals surface area contributed by atoms with Crippen LogP contribution in [0.3, 0.4) is 0 Å². The number of carbonyl (C=O) groups excluding carboxylic acids is 3. The van der Waals surface area contributed by atoms with Gasteiger partial charge < -0.3 is 14.5 Å². The summed E-state index contributed by atoms with van der Waals surface area (Å²) in [6.45, 7) is 5.17. The first-order valence-corrected chi connectivity index (χ1v) is 13.2. The molecule has 0 N–H and O–H groups in total. The van der Waals surface area contributed by atoms with Crippen molar-refractivity contribution < 1.29 is 19.1 Å². The minimum atomic E-state index is -0.371. The van der Waals surface area contributed by atoms with Gasteiger partial charge in [0.05, 0.1) is 19.6 Å². The number of amides is 2. The van der Waals surface area contributed by atoms with Crippen LogP contribution in [0.1, 0.15) is 67.9 Å². The summed E-state index contributed by atoms with van der Waals surface area (Å²) in [5, 5.41) is 2.04. The Morgan fingerprint density at radius 3 is 2.35 bits per heavy atom. The van der Waals surface area contributed by atoms with Gasteiger partial charge in [-0.05, 0) is 49.3 Å². The minimum Gasteiger partial charge on any atom is -0.466 e. The summed E-state index contributed by atoms with van der Waals surface area (Å²) < 4.78 is 4.99. The Labute approximate surface area is 206 Å². The second-order valence-corrected chi connectivity index (χ2v) is 9.88. The Morgan fingerprint density at radius 1 is 0.971 bits per heavy atom. The Hall–Kier alpha value is -2.67. The molecule has 34 heavy (non-hydrogen) atoms. The molecular formula is C27H36N2O4S. The second kappa shape index (κ2) is 13.3. The van der Waals surface area contributed by atoms with Gasteiger partial charge in [0.1, 0.15) is 6.54 Å². The fourth-order valence-electron chi connectivity index (χ4n) is 4.42. The van der Waals surface area contributed by atoms with E-state index in [0.717, 1.165) is 42.5 Å². The number of nitrogens with zero attached hydrogens (tertiary/aromatic N) is 2. The van der Waals surface area contributed by atoms with Crippen molar-refractivity contribution in [1.82, 2.24) is 9.80 Å². The Kier molecular flexibility index (Phi) is 10.1. The highest BCUT2D eigenvalue weighted by Gasteiger charge is 2.29. The van der Waals surface area contributed by atoms with Crippen LogP contribution in [-0.4, -0.2) is 46.8 Å². The molecule has 6 nitrogen and oxygen atoms in total. The van der Waals surface area contributed by atoms with Crippen LogP contribution >= 0.6 is 11.3 Å². The third-order valence-corrected chi connectivity index (χ3v) is 7.37. The van der Waals surface area contributed by atoms with E-state index in [4.69, 9.17) is 4.74 Å². The predicted molar refractivity (Wildman–Crippen MR) is 134 cm³/mol. The standard InChI is InChI=1S/C27H36N2O4S/c1-3-33-27(32)15-14-25(30)29(23-12-8-5-9-13-23)20-26(31)28(18-22-10-6-4-7-11-22)19-24-21(2)16-17-34-24/h4,6-7,10-11,16-17,23H,3,5,8-9,12-15,18-20H2,1-2H3. The molecule has 0 atom stereocenters. The van der Waals surface area contributed by atoms with E-state index in [9.17, 15) is 14.4 Å². The van der Waals surface area contributed by atoms with Gasteiger partial charge in [-0.1, -0.05) is 49.6 Å². The molecule has 0 aliphatic heterocycles. The summed E-state index contributed by atoms with van der Waals surface area (Å²) in [5.41, 5.74) is 2.23. The number of thiophene rings is 1. The van der Waals surface area contributed by atoms with Crippen LogP contribution < -0.4 is 0 Å². The lowest BCUT2D eigenvalue weighted by atomic mass is 9.93. The van der Waals surface area contributed by atoms with Crippen LogP contribution in [0, 0.1) is 6.92 Å². The molecule has 1 heterocycles. The lowest BCUT2D eigenvalue weighted by molar-refractivity contribution is -0.148. The fraction of sp³-hybridized carbons (Fsp3) is 0.519. The number of hydrogen-bond donors (Lipinski definition) is 0. The SMILES string of the molecule is CCOC(=O)CCC(=O)N(CC(=O)N(Cc1ccccc1)Cc1sccc1C)C1CCCCC1. The maximum atomic E-state index is 13.6. The van der Waals surface area contributed by atoms with Gasteiger partial charge in [-0.15, -0.1) is 11.3 Å². The fourth-order valence-corrected chi connectivity index (χ4v) is 5.34. The highest BCUT2D eigenvalue weighted by molar-refractivity contribution is 7.10. The summed E-state index contributed by atoms with van der Waals surface area (Å²) in [5.74, 6) is -0.573. The maximum absolute atomic E-state index is 13.6. The van der Waals surface area contributed by atoms with Crippen molar-refractivity contribution in [3.05, 3.63) is 57.8 Å². The molecule has 1 fully saturated rings. The van der Waals surface area contributed by atoms with E-state index >= 15 is 0 Å². The lowest BCUT2D eigenvalue weighted by Crippen LogP contribution is -2.48. The molecule has 1 aromatic carbocycles. The number of hydrogen-bond acceptors (Lipinski definition) is 5. The maximum Gasteiger partial charge on any atom is 0.306 e. The van der Waals surface area contributed by atoms with E-state index in [2.05, 4.69) is 13.0 Å². The van der Waals surface area contributed by atoms with E-state index in [1.807, 2.05) is 40.6 Å². The van der Waals surface area contributed by atoms with Crippen molar-refractivity contribution in [3.63, 3.8) is 0 Å². The first-order chi connectivity index (χ1) is 16.5. The normalized spacial score (nSPS) is 13.9. The third kappa shape index (κ3) is 7.69. The quantitative estimate of drug-likeness (QED) is 0.417.